The van der Waals surface area contributed by atoms with Crippen molar-refractivity contribution in [1.82, 2.24) is 9.88 Å². The molecule has 2 aromatic rings. The molecule has 4 heteroatoms. The van der Waals surface area contributed by atoms with Gasteiger partial charge in [-0.05, 0) is 55.6 Å². The number of benzene rings is 1. The maximum absolute atomic E-state index is 5.26. The highest BCUT2D eigenvalue weighted by Crippen LogP contribution is 2.40. The molecule has 2 saturated heterocycles. The van der Waals surface area contributed by atoms with Crippen molar-refractivity contribution in [3.8, 4) is 5.75 Å². The topological polar surface area (TPSA) is 28.6 Å². The van der Waals surface area contributed by atoms with Gasteiger partial charge in [0.15, 0.2) is 0 Å². The lowest BCUT2D eigenvalue weighted by Crippen LogP contribution is -2.45. The van der Waals surface area contributed by atoms with E-state index in [0.717, 1.165) is 31.2 Å². The Morgan fingerprint density at radius 1 is 1.04 bits per heavy atom. The third-order valence-corrected chi connectivity index (χ3v) is 5.72. The van der Waals surface area contributed by atoms with Crippen LogP contribution in [0.2, 0.25) is 0 Å². The van der Waals surface area contributed by atoms with Gasteiger partial charge in [-0.25, -0.2) is 4.98 Å². The van der Waals surface area contributed by atoms with Gasteiger partial charge in [0, 0.05) is 37.8 Å². The summed E-state index contributed by atoms with van der Waals surface area (Å²) in [6.45, 7) is 5.71. The van der Waals surface area contributed by atoms with E-state index in [1.807, 2.05) is 12.3 Å². The van der Waals surface area contributed by atoms with Crippen LogP contribution in [0, 0.1) is 5.41 Å². The fourth-order valence-corrected chi connectivity index (χ4v) is 4.43. The predicted octanol–water partition coefficient (Wildman–Crippen LogP) is 3.58. The van der Waals surface area contributed by atoms with E-state index >= 15 is 0 Å². The standard InChI is InChI=1S/C21H27N3O/c1-25-19-8-6-18(7-9-19)15-23-14-11-21(16-23)10-4-13-24(17-21)20-5-2-3-12-22-20/h2-3,5-9,12H,4,10-11,13-17H2,1H3/t21-/m1/s1. The Morgan fingerprint density at radius 3 is 2.68 bits per heavy atom. The molecule has 4 rings (SSSR count). The number of hydrogen-bond acceptors (Lipinski definition) is 4. The third-order valence-electron chi connectivity index (χ3n) is 5.72. The number of methoxy groups -OCH3 is 1. The van der Waals surface area contributed by atoms with Crippen LogP contribution in [0.25, 0.3) is 0 Å². The number of piperidine rings is 1. The third kappa shape index (κ3) is 3.64. The average Bonchev–Trinajstić information content (AvgIpc) is 3.05. The van der Waals surface area contributed by atoms with E-state index in [4.69, 9.17) is 4.74 Å². The van der Waals surface area contributed by atoms with Crippen LogP contribution in [0.5, 0.6) is 5.75 Å². The number of ether oxygens (including phenoxy) is 1. The molecule has 1 spiro atoms. The van der Waals surface area contributed by atoms with Crippen LogP contribution in [0.3, 0.4) is 0 Å². The van der Waals surface area contributed by atoms with Crippen molar-refractivity contribution < 1.29 is 4.74 Å². The van der Waals surface area contributed by atoms with Gasteiger partial charge in [-0.2, -0.15) is 0 Å². The number of pyridine rings is 1. The molecule has 0 amide bonds. The number of rotatable bonds is 4. The molecule has 3 heterocycles. The number of hydrogen-bond donors (Lipinski definition) is 0. The van der Waals surface area contributed by atoms with Crippen molar-refractivity contribution in [2.75, 3.05) is 38.2 Å². The minimum absolute atomic E-state index is 0.433. The van der Waals surface area contributed by atoms with Crippen LogP contribution in [-0.4, -0.2) is 43.2 Å². The van der Waals surface area contributed by atoms with Crippen molar-refractivity contribution in [2.24, 2.45) is 5.41 Å². The second-order valence-corrected chi connectivity index (χ2v) is 7.52. The molecule has 0 N–H and O–H groups in total. The van der Waals surface area contributed by atoms with E-state index in [1.165, 1.54) is 37.9 Å². The van der Waals surface area contributed by atoms with Crippen molar-refractivity contribution >= 4 is 5.82 Å². The maximum atomic E-state index is 5.26. The zero-order valence-electron chi connectivity index (χ0n) is 15.0. The Kier molecular flexibility index (Phi) is 4.62. The molecule has 2 fully saturated rings. The molecule has 4 nitrogen and oxygen atoms in total. The molecule has 2 aliphatic heterocycles. The highest BCUT2D eigenvalue weighted by atomic mass is 16.5. The Morgan fingerprint density at radius 2 is 1.92 bits per heavy atom. The van der Waals surface area contributed by atoms with Gasteiger partial charge in [0.1, 0.15) is 11.6 Å². The van der Waals surface area contributed by atoms with Crippen LogP contribution in [0.1, 0.15) is 24.8 Å². The summed E-state index contributed by atoms with van der Waals surface area (Å²) in [5.41, 5.74) is 1.80. The Balaban J connectivity index is 1.40. The van der Waals surface area contributed by atoms with Gasteiger partial charge in [-0.3, -0.25) is 4.90 Å². The van der Waals surface area contributed by atoms with Gasteiger partial charge in [-0.1, -0.05) is 18.2 Å². The van der Waals surface area contributed by atoms with Gasteiger partial charge in [0.05, 0.1) is 7.11 Å². The summed E-state index contributed by atoms with van der Waals surface area (Å²) in [5.74, 6) is 2.06. The van der Waals surface area contributed by atoms with Crippen LogP contribution in [-0.2, 0) is 6.54 Å². The monoisotopic (exact) mass is 337 g/mol. The van der Waals surface area contributed by atoms with E-state index in [2.05, 4.69) is 51.2 Å². The fraction of sp³-hybridized carbons (Fsp3) is 0.476. The summed E-state index contributed by atoms with van der Waals surface area (Å²) >= 11 is 0. The second-order valence-electron chi connectivity index (χ2n) is 7.52. The molecule has 0 aliphatic carbocycles. The molecule has 0 saturated carbocycles. The first-order valence-corrected chi connectivity index (χ1v) is 9.28. The molecule has 0 bridgehead atoms. The molecule has 2 aliphatic rings. The van der Waals surface area contributed by atoms with Crippen molar-refractivity contribution in [2.45, 2.75) is 25.8 Å². The van der Waals surface area contributed by atoms with Gasteiger partial charge in [0.2, 0.25) is 0 Å². The van der Waals surface area contributed by atoms with Crippen molar-refractivity contribution in [3.63, 3.8) is 0 Å². The van der Waals surface area contributed by atoms with Gasteiger partial charge < -0.3 is 9.64 Å². The van der Waals surface area contributed by atoms with E-state index in [0.29, 0.717) is 5.41 Å². The molecule has 0 unspecified atom stereocenters. The Bertz CT molecular complexity index is 688. The summed E-state index contributed by atoms with van der Waals surface area (Å²) in [6.07, 6.45) is 5.82. The molecule has 25 heavy (non-hydrogen) atoms. The summed E-state index contributed by atoms with van der Waals surface area (Å²) in [7, 11) is 1.72. The van der Waals surface area contributed by atoms with Gasteiger partial charge >= 0.3 is 0 Å². The predicted molar refractivity (Wildman–Crippen MR) is 101 cm³/mol. The zero-order chi connectivity index (χ0) is 17.1. The zero-order valence-corrected chi connectivity index (χ0v) is 15.0. The fourth-order valence-electron chi connectivity index (χ4n) is 4.43. The molecule has 1 aromatic carbocycles. The van der Waals surface area contributed by atoms with Crippen molar-refractivity contribution in [1.29, 1.82) is 0 Å². The molecule has 1 aromatic heterocycles. The SMILES string of the molecule is COc1ccc(CN2CC[C@]3(CCCN(c4ccccn4)C3)C2)cc1. The molecule has 132 valence electrons. The number of nitrogens with zero attached hydrogens (tertiary/aromatic N) is 3. The number of likely N-dealkylation sites (tertiary alicyclic amines) is 1. The first-order chi connectivity index (χ1) is 12.3. The van der Waals surface area contributed by atoms with Crippen LogP contribution >= 0.6 is 0 Å². The Labute approximate surface area is 150 Å². The molecular weight excluding hydrogens is 310 g/mol. The molecule has 0 radical (unpaired) electrons. The Hall–Kier alpha value is -2.07. The lowest BCUT2D eigenvalue weighted by Gasteiger charge is -2.41. The first-order valence-electron chi connectivity index (χ1n) is 9.28. The van der Waals surface area contributed by atoms with E-state index in [-0.39, 0.29) is 0 Å². The lowest BCUT2D eigenvalue weighted by atomic mass is 9.79. The van der Waals surface area contributed by atoms with E-state index in [1.54, 1.807) is 7.11 Å². The quantitative estimate of drug-likeness (QED) is 0.852. The van der Waals surface area contributed by atoms with Crippen LogP contribution < -0.4 is 9.64 Å². The normalized spacial score (nSPS) is 24.0. The van der Waals surface area contributed by atoms with Crippen LogP contribution in [0.15, 0.2) is 48.7 Å². The summed E-state index contributed by atoms with van der Waals surface area (Å²) in [4.78, 5) is 9.66. The molecule has 1 atom stereocenters. The highest BCUT2D eigenvalue weighted by Gasteiger charge is 2.41. The van der Waals surface area contributed by atoms with Gasteiger partial charge in [-0.15, -0.1) is 0 Å². The largest absolute Gasteiger partial charge is 0.497 e. The van der Waals surface area contributed by atoms with E-state index < -0.39 is 0 Å². The van der Waals surface area contributed by atoms with Gasteiger partial charge in [0.25, 0.3) is 0 Å². The van der Waals surface area contributed by atoms with Crippen LogP contribution in [0.4, 0.5) is 5.82 Å². The highest BCUT2D eigenvalue weighted by molar-refractivity contribution is 5.39. The minimum atomic E-state index is 0.433. The first kappa shape index (κ1) is 16.4. The summed E-state index contributed by atoms with van der Waals surface area (Å²) in [5, 5.41) is 0. The minimum Gasteiger partial charge on any atom is -0.497 e. The van der Waals surface area contributed by atoms with E-state index in [9.17, 15) is 0 Å². The number of anilines is 1. The van der Waals surface area contributed by atoms with Crippen molar-refractivity contribution in [3.05, 3.63) is 54.2 Å². The molecular formula is C21H27N3O. The summed E-state index contributed by atoms with van der Waals surface area (Å²) in [6, 6.07) is 14.7. The maximum Gasteiger partial charge on any atom is 0.128 e. The lowest BCUT2D eigenvalue weighted by molar-refractivity contribution is 0.216. The number of aromatic nitrogens is 1. The second kappa shape index (κ2) is 7.04. The average molecular weight is 337 g/mol. The smallest absolute Gasteiger partial charge is 0.128 e. The summed E-state index contributed by atoms with van der Waals surface area (Å²) < 4.78 is 5.26.